The van der Waals surface area contributed by atoms with Crippen LogP contribution in [0.25, 0.3) is 11.3 Å². The van der Waals surface area contributed by atoms with Gasteiger partial charge in [0.25, 0.3) is 5.69 Å². The fourth-order valence-corrected chi connectivity index (χ4v) is 3.43. The van der Waals surface area contributed by atoms with Crippen molar-refractivity contribution in [2.45, 2.75) is 5.16 Å². The first-order chi connectivity index (χ1) is 13.0. The fraction of sp³-hybridized carbons (Fsp3) is 0.158. The first-order valence-electron chi connectivity index (χ1n) is 8.18. The van der Waals surface area contributed by atoms with Crippen molar-refractivity contribution in [3.63, 3.8) is 0 Å². The molecule has 0 atom stereocenters. The van der Waals surface area contributed by atoms with Crippen LogP contribution >= 0.6 is 11.8 Å². The number of aromatic nitrogens is 2. The van der Waals surface area contributed by atoms with Gasteiger partial charge in [-0.05, 0) is 17.7 Å². The van der Waals surface area contributed by atoms with E-state index in [-0.39, 0.29) is 17.3 Å². The number of benzene rings is 2. The number of carbonyl (C=O) groups excluding carboxylic acids is 1. The lowest BCUT2D eigenvalue weighted by Gasteiger charge is -2.16. The van der Waals surface area contributed by atoms with Crippen molar-refractivity contribution in [1.29, 1.82) is 0 Å². The molecule has 0 unspecified atom stereocenters. The molecule has 0 aliphatic carbocycles. The molecule has 3 aromatic rings. The summed E-state index contributed by atoms with van der Waals surface area (Å²) >= 11 is 1.35. The van der Waals surface area contributed by atoms with Gasteiger partial charge in [-0.1, -0.05) is 42.1 Å². The van der Waals surface area contributed by atoms with Gasteiger partial charge in [0.15, 0.2) is 5.16 Å². The van der Waals surface area contributed by atoms with Crippen molar-refractivity contribution in [2.75, 3.05) is 17.7 Å². The van der Waals surface area contributed by atoms with Crippen LogP contribution in [0.3, 0.4) is 0 Å². The first kappa shape index (κ1) is 18.7. The van der Waals surface area contributed by atoms with Gasteiger partial charge >= 0.3 is 0 Å². The molecule has 8 heteroatoms. The summed E-state index contributed by atoms with van der Waals surface area (Å²) < 4.78 is 1.96. The van der Waals surface area contributed by atoms with Gasteiger partial charge in [-0.2, -0.15) is 0 Å². The lowest BCUT2D eigenvalue weighted by molar-refractivity contribution is -0.384. The van der Waals surface area contributed by atoms with Crippen LogP contribution in [0.5, 0.6) is 0 Å². The Hall–Kier alpha value is -3.13. The molecule has 0 N–H and O–H groups in total. The van der Waals surface area contributed by atoms with Crippen LogP contribution in [0.1, 0.15) is 0 Å². The lowest BCUT2D eigenvalue weighted by atomic mass is 10.2. The molecule has 138 valence electrons. The number of hydrogen-bond donors (Lipinski definition) is 0. The van der Waals surface area contributed by atoms with E-state index in [1.54, 1.807) is 25.4 Å². The van der Waals surface area contributed by atoms with Crippen molar-refractivity contribution in [2.24, 2.45) is 7.05 Å². The molecule has 0 radical (unpaired) electrons. The van der Waals surface area contributed by atoms with E-state index < -0.39 is 4.92 Å². The van der Waals surface area contributed by atoms with Crippen LogP contribution in [0.15, 0.2) is 66.0 Å². The molecule has 1 amide bonds. The highest BCUT2D eigenvalue weighted by Gasteiger charge is 2.15. The van der Waals surface area contributed by atoms with Crippen molar-refractivity contribution < 1.29 is 9.72 Å². The van der Waals surface area contributed by atoms with Gasteiger partial charge < -0.3 is 9.47 Å². The van der Waals surface area contributed by atoms with E-state index in [0.29, 0.717) is 5.69 Å². The van der Waals surface area contributed by atoms with Gasteiger partial charge in [0.1, 0.15) is 0 Å². The third kappa shape index (κ3) is 4.17. The summed E-state index contributed by atoms with van der Waals surface area (Å²) in [4.78, 5) is 28.6. The Morgan fingerprint density at radius 1 is 1.19 bits per heavy atom. The SMILES string of the molecule is CN(C(=O)CSc1ncc(-c2ccccc2)n1C)c1ccc([N+](=O)[O-])cc1. The Kier molecular flexibility index (Phi) is 5.56. The Morgan fingerprint density at radius 2 is 1.85 bits per heavy atom. The van der Waals surface area contributed by atoms with Crippen LogP contribution in [0.4, 0.5) is 11.4 Å². The molecule has 1 aromatic heterocycles. The number of anilines is 1. The van der Waals surface area contributed by atoms with Gasteiger partial charge in [-0.25, -0.2) is 4.98 Å². The molecule has 1 heterocycles. The number of nitro groups is 1. The van der Waals surface area contributed by atoms with Crippen molar-refractivity contribution >= 4 is 29.0 Å². The number of hydrogen-bond acceptors (Lipinski definition) is 5. The number of amides is 1. The Balaban J connectivity index is 1.65. The summed E-state index contributed by atoms with van der Waals surface area (Å²) in [5, 5.41) is 11.5. The lowest BCUT2D eigenvalue weighted by Crippen LogP contribution is -2.28. The normalized spacial score (nSPS) is 10.6. The minimum absolute atomic E-state index is 0.00424. The summed E-state index contributed by atoms with van der Waals surface area (Å²) in [5.74, 6) is 0.102. The maximum atomic E-state index is 12.5. The standard InChI is InChI=1S/C19H18N4O3S/c1-21(15-8-10-16(11-9-15)23(25)26)18(24)13-27-19-20-12-17(22(19)2)14-6-4-3-5-7-14/h3-12H,13H2,1-2H3. The second kappa shape index (κ2) is 8.05. The van der Waals surface area contributed by atoms with Crippen LogP contribution in [-0.2, 0) is 11.8 Å². The van der Waals surface area contributed by atoms with E-state index in [9.17, 15) is 14.9 Å². The maximum Gasteiger partial charge on any atom is 0.269 e. The highest BCUT2D eigenvalue weighted by Crippen LogP contribution is 2.25. The zero-order chi connectivity index (χ0) is 19.4. The van der Waals surface area contributed by atoms with Crippen molar-refractivity contribution in [3.8, 4) is 11.3 Å². The summed E-state index contributed by atoms with van der Waals surface area (Å²) in [7, 11) is 3.57. The highest BCUT2D eigenvalue weighted by molar-refractivity contribution is 7.99. The van der Waals surface area contributed by atoms with Crippen molar-refractivity contribution in [1.82, 2.24) is 9.55 Å². The number of thioether (sulfide) groups is 1. The Bertz CT molecular complexity index is 955. The molecular formula is C19H18N4O3S. The number of imidazole rings is 1. The predicted octanol–water partition coefficient (Wildman–Crippen LogP) is 3.75. The van der Waals surface area contributed by atoms with Crippen LogP contribution < -0.4 is 4.90 Å². The molecule has 0 aliphatic rings. The fourth-order valence-electron chi connectivity index (χ4n) is 2.57. The number of rotatable bonds is 6. The average Bonchev–Trinajstić information content (AvgIpc) is 3.06. The molecular weight excluding hydrogens is 364 g/mol. The van der Waals surface area contributed by atoms with Crippen LogP contribution in [-0.4, -0.2) is 33.2 Å². The number of carbonyl (C=O) groups is 1. The third-order valence-corrected chi connectivity index (χ3v) is 5.19. The Morgan fingerprint density at radius 3 is 2.48 bits per heavy atom. The van der Waals surface area contributed by atoms with Gasteiger partial charge in [0.05, 0.1) is 22.6 Å². The quantitative estimate of drug-likeness (QED) is 0.368. The largest absolute Gasteiger partial charge is 0.322 e. The van der Waals surface area contributed by atoms with Crippen LogP contribution in [0.2, 0.25) is 0 Å². The van der Waals surface area contributed by atoms with E-state index in [1.807, 2.05) is 41.9 Å². The monoisotopic (exact) mass is 382 g/mol. The summed E-state index contributed by atoms with van der Waals surface area (Å²) in [5.41, 5.74) is 2.65. The summed E-state index contributed by atoms with van der Waals surface area (Å²) in [6.45, 7) is 0. The first-order valence-corrected chi connectivity index (χ1v) is 9.17. The molecule has 2 aromatic carbocycles. The van der Waals surface area contributed by atoms with E-state index in [1.165, 1.54) is 28.8 Å². The van der Waals surface area contributed by atoms with Crippen LogP contribution in [0, 0.1) is 10.1 Å². The molecule has 27 heavy (non-hydrogen) atoms. The second-order valence-electron chi connectivity index (χ2n) is 5.87. The molecule has 0 spiro atoms. The minimum atomic E-state index is -0.465. The smallest absolute Gasteiger partial charge is 0.269 e. The van der Waals surface area contributed by atoms with E-state index in [4.69, 9.17) is 0 Å². The molecule has 0 bridgehead atoms. The second-order valence-corrected chi connectivity index (χ2v) is 6.81. The van der Waals surface area contributed by atoms with E-state index in [2.05, 4.69) is 4.98 Å². The van der Waals surface area contributed by atoms with Gasteiger partial charge in [0, 0.05) is 31.9 Å². The summed E-state index contributed by atoms with van der Waals surface area (Å²) in [6.07, 6.45) is 1.79. The minimum Gasteiger partial charge on any atom is -0.322 e. The Labute approximate surface area is 160 Å². The molecule has 0 saturated carbocycles. The van der Waals surface area contributed by atoms with Gasteiger partial charge in [0.2, 0.25) is 5.91 Å². The topological polar surface area (TPSA) is 81.3 Å². The molecule has 7 nitrogen and oxygen atoms in total. The van der Waals surface area contributed by atoms with Gasteiger partial charge in [-0.15, -0.1) is 0 Å². The van der Waals surface area contributed by atoms with E-state index in [0.717, 1.165) is 16.4 Å². The highest BCUT2D eigenvalue weighted by atomic mass is 32.2. The maximum absolute atomic E-state index is 12.5. The summed E-state index contributed by atoms with van der Waals surface area (Å²) in [6, 6.07) is 15.8. The predicted molar refractivity (Wildman–Crippen MR) is 106 cm³/mol. The number of nitrogens with zero attached hydrogens (tertiary/aromatic N) is 4. The third-order valence-electron chi connectivity index (χ3n) is 4.16. The molecule has 3 rings (SSSR count). The molecule has 0 saturated heterocycles. The zero-order valence-corrected chi connectivity index (χ0v) is 15.7. The average molecular weight is 382 g/mol. The molecule has 0 aliphatic heterocycles. The van der Waals surface area contributed by atoms with Crippen molar-refractivity contribution in [3.05, 3.63) is 70.9 Å². The van der Waals surface area contributed by atoms with E-state index >= 15 is 0 Å². The van der Waals surface area contributed by atoms with Gasteiger partial charge in [-0.3, -0.25) is 14.9 Å². The number of nitro benzene ring substituents is 1. The number of non-ortho nitro benzene ring substituents is 1. The zero-order valence-electron chi connectivity index (χ0n) is 14.9. The molecule has 0 fully saturated rings.